The van der Waals surface area contributed by atoms with E-state index in [4.69, 9.17) is 5.11 Å². The zero-order chi connectivity index (χ0) is 14.8. The van der Waals surface area contributed by atoms with Gasteiger partial charge in [0.2, 0.25) is 0 Å². The van der Waals surface area contributed by atoms with Crippen molar-refractivity contribution in [2.45, 2.75) is 18.9 Å². The van der Waals surface area contributed by atoms with Gasteiger partial charge in [-0.1, -0.05) is 0 Å². The van der Waals surface area contributed by atoms with E-state index in [-0.39, 0.29) is 17.9 Å². The van der Waals surface area contributed by atoms with E-state index in [0.717, 1.165) is 12.1 Å². The van der Waals surface area contributed by atoms with Crippen LogP contribution in [0.2, 0.25) is 0 Å². The molecular formula is C12H19N3O4S. The van der Waals surface area contributed by atoms with Crippen LogP contribution in [0.15, 0.2) is 12.3 Å². The second kappa shape index (κ2) is 5.92. The molecule has 0 aliphatic carbocycles. The minimum absolute atomic E-state index is 0.0648. The molecular weight excluding hydrogens is 282 g/mol. The zero-order valence-corrected chi connectivity index (χ0v) is 12.2. The van der Waals surface area contributed by atoms with Gasteiger partial charge < -0.3 is 5.11 Å². The van der Waals surface area contributed by atoms with Crippen molar-refractivity contribution < 1.29 is 18.3 Å². The summed E-state index contributed by atoms with van der Waals surface area (Å²) >= 11 is 0. The Labute approximate surface area is 118 Å². The van der Waals surface area contributed by atoms with E-state index in [0.29, 0.717) is 13.1 Å². The molecule has 1 aliphatic rings. The SMILES string of the molecule is Cn1nccc1CCN1CCS(=O)(=O)CC1CC(=O)O. The van der Waals surface area contributed by atoms with Gasteiger partial charge in [0.15, 0.2) is 9.84 Å². The maximum Gasteiger partial charge on any atom is 0.304 e. The van der Waals surface area contributed by atoms with Crippen LogP contribution in [0.1, 0.15) is 12.1 Å². The predicted molar refractivity (Wildman–Crippen MR) is 73.2 cm³/mol. The Hall–Kier alpha value is -1.41. The number of rotatable bonds is 5. The molecule has 1 atom stereocenters. The van der Waals surface area contributed by atoms with Crippen LogP contribution in [0.5, 0.6) is 0 Å². The fraction of sp³-hybridized carbons (Fsp3) is 0.667. The first-order chi connectivity index (χ1) is 9.37. The van der Waals surface area contributed by atoms with Crippen LogP contribution in [-0.4, -0.2) is 64.8 Å². The van der Waals surface area contributed by atoms with Gasteiger partial charge in [0.1, 0.15) is 0 Å². The number of sulfone groups is 1. The highest BCUT2D eigenvalue weighted by molar-refractivity contribution is 7.91. The standard InChI is InChI=1S/C12H19N3O4S/c1-14-10(2-4-13-14)3-5-15-6-7-20(18,19)9-11(15)8-12(16)17/h2,4,11H,3,5-9H2,1H3,(H,16,17). The van der Waals surface area contributed by atoms with Crippen LogP contribution in [0.3, 0.4) is 0 Å². The molecule has 1 unspecified atom stereocenters. The summed E-state index contributed by atoms with van der Waals surface area (Å²) < 4.78 is 25.1. The summed E-state index contributed by atoms with van der Waals surface area (Å²) in [7, 11) is -1.26. The second-order valence-electron chi connectivity index (χ2n) is 5.10. The molecule has 0 radical (unpaired) electrons. The number of hydrogen-bond donors (Lipinski definition) is 1. The Kier molecular flexibility index (Phi) is 4.44. The van der Waals surface area contributed by atoms with Crippen LogP contribution < -0.4 is 0 Å². The Morgan fingerprint density at radius 1 is 1.55 bits per heavy atom. The third kappa shape index (κ3) is 3.80. The lowest BCUT2D eigenvalue weighted by atomic mass is 10.1. The number of nitrogens with zero attached hydrogens (tertiary/aromatic N) is 3. The van der Waals surface area contributed by atoms with E-state index >= 15 is 0 Å². The quantitative estimate of drug-likeness (QED) is 0.791. The zero-order valence-electron chi connectivity index (χ0n) is 11.4. The highest BCUT2D eigenvalue weighted by Crippen LogP contribution is 2.15. The number of carboxylic acid groups (broad SMARTS) is 1. The summed E-state index contributed by atoms with van der Waals surface area (Å²) in [6.07, 6.45) is 2.31. The minimum Gasteiger partial charge on any atom is -0.481 e. The van der Waals surface area contributed by atoms with Gasteiger partial charge in [0, 0.05) is 44.5 Å². The van der Waals surface area contributed by atoms with Gasteiger partial charge in [0.25, 0.3) is 0 Å². The maximum absolute atomic E-state index is 11.6. The summed E-state index contributed by atoms with van der Waals surface area (Å²) in [4.78, 5) is 12.8. The summed E-state index contributed by atoms with van der Waals surface area (Å²) in [6, 6.07) is 1.48. The molecule has 0 spiro atoms. The topological polar surface area (TPSA) is 92.5 Å². The van der Waals surface area contributed by atoms with Crippen LogP contribution in [0.25, 0.3) is 0 Å². The van der Waals surface area contributed by atoms with Gasteiger partial charge in [-0.3, -0.25) is 14.4 Å². The molecule has 8 heteroatoms. The molecule has 2 heterocycles. The molecule has 1 aromatic heterocycles. The average molecular weight is 301 g/mol. The van der Waals surface area contributed by atoms with E-state index in [9.17, 15) is 13.2 Å². The largest absolute Gasteiger partial charge is 0.481 e. The van der Waals surface area contributed by atoms with Gasteiger partial charge >= 0.3 is 5.97 Å². The number of carboxylic acids is 1. The van der Waals surface area contributed by atoms with E-state index in [1.807, 2.05) is 18.0 Å². The molecule has 1 aliphatic heterocycles. The molecule has 0 bridgehead atoms. The minimum atomic E-state index is -3.11. The van der Waals surface area contributed by atoms with Crippen LogP contribution >= 0.6 is 0 Å². The van der Waals surface area contributed by atoms with E-state index < -0.39 is 21.8 Å². The molecule has 1 fully saturated rings. The van der Waals surface area contributed by atoms with Gasteiger partial charge in [-0.25, -0.2) is 8.42 Å². The van der Waals surface area contributed by atoms with Gasteiger partial charge in [-0.2, -0.15) is 5.10 Å². The van der Waals surface area contributed by atoms with E-state index in [1.54, 1.807) is 10.9 Å². The first kappa shape index (κ1) is 15.0. The van der Waals surface area contributed by atoms with Gasteiger partial charge in [-0.05, 0) is 6.07 Å². The monoisotopic (exact) mass is 301 g/mol. The second-order valence-corrected chi connectivity index (χ2v) is 7.33. The molecule has 2 rings (SSSR count). The van der Waals surface area contributed by atoms with Crippen molar-refractivity contribution in [2.24, 2.45) is 7.05 Å². The van der Waals surface area contributed by atoms with Crippen molar-refractivity contribution in [2.75, 3.05) is 24.6 Å². The van der Waals surface area contributed by atoms with Crippen molar-refractivity contribution in [3.05, 3.63) is 18.0 Å². The lowest BCUT2D eigenvalue weighted by Crippen LogP contribution is -2.50. The number of aryl methyl sites for hydroxylation is 1. The van der Waals surface area contributed by atoms with Crippen LogP contribution in [0.4, 0.5) is 0 Å². The first-order valence-corrected chi connectivity index (χ1v) is 8.33. The lowest BCUT2D eigenvalue weighted by molar-refractivity contribution is -0.138. The number of aromatic nitrogens is 2. The molecule has 7 nitrogen and oxygen atoms in total. The van der Waals surface area contributed by atoms with Crippen molar-refractivity contribution in [3.63, 3.8) is 0 Å². The van der Waals surface area contributed by atoms with Crippen LogP contribution in [0, 0.1) is 0 Å². The van der Waals surface area contributed by atoms with Crippen molar-refractivity contribution >= 4 is 15.8 Å². The molecule has 0 saturated carbocycles. The Morgan fingerprint density at radius 3 is 2.90 bits per heavy atom. The van der Waals surface area contributed by atoms with Crippen molar-refractivity contribution in [3.8, 4) is 0 Å². The van der Waals surface area contributed by atoms with Crippen molar-refractivity contribution in [1.82, 2.24) is 14.7 Å². The van der Waals surface area contributed by atoms with Crippen molar-refractivity contribution in [1.29, 1.82) is 0 Å². The van der Waals surface area contributed by atoms with Gasteiger partial charge in [0.05, 0.1) is 17.9 Å². The highest BCUT2D eigenvalue weighted by atomic mass is 32.2. The number of hydrogen-bond acceptors (Lipinski definition) is 5. The summed E-state index contributed by atoms with van der Waals surface area (Å²) in [6.45, 7) is 1.05. The summed E-state index contributed by atoms with van der Waals surface area (Å²) in [5, 5.41) is 13.0. The summed E-state index contributed by atoms with van der Waals surface area (Å²) in [5.74, 6) is -0.920. The molecule has 1 N–H and O–H groups in total. The Balaban J connectivity index is 2.01. The fourth-order valence-corrected chi connectivity index (χ4v) is 4.10. The maximum atomic E-state index is 11.6. The number of carbonyl (C=O) groups is 1. The lowest BCUT2D eigenvalue weighted by Gasteiger charge is -2.34. The third-order valence-corrected chi connectivity index (χ3v) is 5.34. The normalized spacial score (nSPS) is 22.8. The Morgan fingerprint density at radius 2 is 2.30 bits per heavy atom. The average Bonchev–Trinajstić information content (AvgIpc) is 2.72. The van der Waals surface area contributed by atoms with E-state index in [2.05, 4.69) is 5.10 Å². The molecule has 1 aromatic rings. The molecule has 0 amide bonds. The molecule has 1 saturated heterocycles. The molecule has 0 aromatic carbocycles. The Bertz CT molecular complexity index is 581. The fourth-order valence-electron chi connectivity index (χ4n) is 2.51. The highest BCUT2D eigenvalue weighted by Gasteiger charge is 2.32. The van der Waals surface area contributed by atoms with E-state index in [1.165, 1.54) is 0 Å². The van der Waals surface area contributed by atoms with Crippen LogP contribution in [-0.2, 0) is 28.1 Å². The predicted octanol–water partition coefficient (Wildman–Crippen LogP) is -0.464. The smallest absolute Gasteiger partial charge is 0.304 e. The molecule has 112 valence electrons. The number of aliphatic carboxylic acids is 1. The first-order valence-electron chi connectivity index (χ1n) is 6.50. The third-order valence-electron chi connectivity index (χ3n) is 3.64. The molecule has 20 heavy (non-hydrogen) atoms. The van der Waals surface area contributed by atoms with Gasteiger partial charge in [-0.15, -0.1) is 0 Å². The summed E-state index contributed by atoms with van der Waals surface area (Å²) in [5.41, 5.74) is 1.05.